The van der Waals surface area contributed by atoms with Gasteiger partial charge in [-0.25, -0.2) is 4.98 Å². The largest absolute Gasteiger partial charge is 0.338 e. The molecule has 0 spiro atoms. The first-order valence-electron chi connectivity index (χ1n) is 9.82. The molecule has 1 atom stereocenters. The van der Waals surface area contributed by atoms with Crippen molar-refractivity contribution in [1.82, 2.24) is 14.5 Å². The lowest BCUT2D eigenvalue weighted by Gasteiger charge is -2.33. The van der Waals surface area contributed by atoms with Crippen molar-refractivity contribution in [3.8, 4) is 0 Å². The Hall–Kier alpha value is -2.36. The number of likely N-dealkylation sites (tertiary alicyclic amines) is 1. The van der Waals surface area contributed by atoms with Gasteiger partial charge in [-0.3, -0.25) is 4.79 Å². The Morgan fingerprint density at radius 1 is 1.15 bits per heavy atom. The molecule has 0 N–H and O–H groups in total. The smallest absolute Gasteiger partial charge is 0.246 e. The summed E-state index contributed by atoms with van der Waals surface area (Å²) >= 11 is 0. The third kappa shape index (κ3) is 3.90. The van der Waals surface area contributed by atoms with Gasteiger partial charge in [0.25, 0.3) is 0 Å². The van der Waals surface area contributed by atoms with Crippen molar-refractivity contribution in [2.75, 3.05) is 13.1 Å². The fourth-order valence-corrected chi connectivity index (χ4v) is 4.01. The molecular formula is C22H27N3O. The molecule has 1 aliphatic heterocycles. The van der Waals surface area contributed by atoms with E-state index in [0.717, 1.165) is 44.0 Å². The van der Waals surface area contributed by atoms with E-state index in [9.17, 15) is 4.79 Å². The summed E-state index contributed by atoms with van der Waals surface area (Å²) < 4.78 is 2.34. The first-order valence-corrected chi connectivity index (χ1v) is 9.82. The summed E-state index contributed by atoms with van der Waals surface area (Å²) in [5.74, 6) is 2.45. The van der Waals surface area contributed by atoms with E-state index in [1.807, 2.05) is 47.5 Å². The van der Waals surface area contributed by atoms with Gasteiger partial charge < -0.3 is 9.47 Å². The van der Waals surface area contributed by atoms with Gasteiger partial charge in [0.1, 0.15) is 5.82 Å². The van der Waals surface area contributed by atoms with Crippen LogP contribution in [0.1, 0.15) is 49.4 Å². The van der Waals surface area contributed by atoms with Gasteiger partial charge in [-0.1, -0.05) is 36.8 Å². The lowest BCUT2D eigenvalue weighted by Crippen LogP contribution is -2.39. The van der Waals surface area contributed by atoms with E-state index in [4.69, 9.17) is 0 Å². The molecule has 1 saturated carbocycles. The predicted molar refractivity (Wildman–Crippen MR) is 104 cm³/mol. The highest BCUT2D eigenvalue weighted by atomic mass is 16.2. The number of nitrogens with zero attached hydrogens (tertiary/aromatic N) is 3. The van der Waals surface area contributed by atoms with Gasteiger partial charge in [-0.15, -0.1) is 0 Å². The van der Waals surface area contributed by atoms with Crippen LogP contribution in [0.4, 0.5) is 0 Å². The second-order valence-corrected chi connectivity index (χ2v) is 7.60. The highest BCUT2D eigenvalue weighted by Crippen LogP contribution is 2.31. The van der Waals surface area contributed by atoms with Crippen LogP contribution in [0.2, 0.25) is 0 Å². The monoisotopic (exact) mass is 349 g/mol. The van der Waals surface area contributed by atoms with Crippen molar-refractivity contribution in [2.45, 2.75) is 44.6 Å². The summed E-state index contributed by atoms with van der Waals surface area (Å²) in [5.41, 5.74) is 1.06. The van der Waals surface area contributed by atoms with Gasteiger partial charge in [0.05, 0.1) is 0 Å². The Balaban J connectivity index is 1.40. The topological polar surface area (TPSA) is 38.1 Å². The SMILES string of the molecule is O=C(/C=C/c1ccccc1)N1CCCC(c2nccn2CC2CCC2)C1. The standard InChI is InChI=1S/C22H27N3O/c26-21(12-11-18-6-2-1-3-7-18)24-14-5-10-20(17-24)22-23-13-15-25(22)16-19-8-4-9-19/h1-3,6-7,11-13,15,19-20H,4-5,8-10,14,16-17H2/b12-11+. The molecule has 136 valence electrons. The Morgan fingerprint density at radius 3 is 2.77 bits per heavy atom. The third-order valence-electron chi connectivity index (χ3n) is 5.74. The fourth-order valence-electron chi connectivity index (χ4n) is 4.01. The van der Waals surface area contributed by atoms with Gasteiger partial charge in [0.15, 0.2) is 0 Å². The average Bonchev–Trinajstić information content (AvgIpc) is 3.12. The molecule has 1 aromatic heterocycles. The van der Waals surface area contributed by atoms with Gasteiger partial charge in [-0.05, 0) is 43.2 Å². The Morgan fingerprint density at radius 2 is 2.00 bits per heavy atom. The van der Waals surface area contributed by atoms with Gasteiger partial charge in [-0.2, -0.15) is 0 Å². The zero-order valence-corrected chi connectivity index (χ0v) is 15.3. The Labute approximate surface area is 155 Å². The van der Waals surface area contributed by atoms with Crippen LogP contribution in [-0.2, 0) is 11.3 Å². The van der Waals surface area contributed by atoms with Crippen molar-refractivity contribution < 1.29 is 4.79 Å². The fraction of sp³-hybridized carbons (Fsp3) is 0.455. The summed E-state index contributed by atoms with van der Waals surface area (Å²) in [5, 5.41) is 0. The maximum atomic E-state index is 12.6. The molecule has 1 saturated heterocycles. The molecule has 0 radical (unpaired) electrons. The number of hydrogen-bond donors (Lipinski definition) is 0. The number of rotatable bonds is 5. The highest BCUT2D eigenvalue weighted by molar-refractivity contribution is 5.91. The van der Waals surface area contributed by atoms with E-state index in [2.05, 4.69) is 15.7 Å². The minimum absolute atomic E-state index is 0.107. The molecule has 0 bridgehead atoms. The van der Waals surface area contributed by atoms with Crippen LogP contribution >= 0.6 is 0 Å². The van der Waals surface area contributed by atoms with Crippen LogP contribution in [0, 0.1) is 5.92 Å². The van der Waals surface area contributed by atoms with Crippen molar-refractivity contribution in [2.24, 2.45) is 5.92 Å². The molecule has 4 nitrogen and oxygen atoms in total. The number of hydrogen-bond acceptors (Lipinski definition) is 2. The van der Waals surface area contributed by atoms with Crippen molar-refractivity contribution in [3.63, 3.8) is 0 Å². The van der Waals surface area contributed by atoms with Crippen molar-refractivity contribution in [1.29, 1.82) is 0 Å². The lowest BCUT2D eigenvalue weighted by atomic mass is 9.85. The zero-order valence-electron chi connectivity index (χ0n) is 15.3. The molecule has 4 rings (SSSR count). The molecular weight excluding hydrogens is 322 g/mol. The molecule has 2 aliphatic rings. The second-order valence-electron chi connectivity index (χ2n) is 7.60. The number of amides is 1. The van der Waals surface area contributed by atoms with E-state index < -0.39 is 0 Å². The first kappa shape index (κ1) is 17.1. The van der Waals surface area contributed by atoms with Gasteiger partial charge in [0, 0.05) is 44.0 Å². The van der Waals surface area contributed by atoms with Crippen LogP contribution in [0.15, 0.2) is 48.8 Å². The minimum Gasteiger partial charge on any atom is -0.338 e. The third-order valence-corrected chi connectivity index (χ3v) is 5.74. The maximum Gasteiger partial charge on any atom is 0.246 e. The van der Waals surface area contributed by atoms with E-state index in [0.29, 0.717) is 5.92 Å². The van der Waals surface area contributed by atoms with Crippen molar-refractivity contribution in [3.05, 3.63) is 60.2 Å². The summed E-state index contributed by atoms with van der Waals surface area (Å²) in [6.45, 7) is 2.71. The van der Waals surface area contributed by atoms with Crippen molar-refractivity contribution >= 4 is 12.0 Å². The van der Waals surface area contributed by atoms with Gasteiger partial charge in [0.2, 0.25) is 5.91 Å². The molecule has 2 aromatic rings. The van der Waals surface area contributed by atoms with E-state index in [1.54, 1.807) is 6.08 Å². The summed E-state index contributed by atoms with van der Waals surface area (Å²) in [6, 6.07) is 9.99. The molecule has 1 aliphatic carbocycles. The number of benzene rings is 1. The van der Waals surface area contributed by atoms with Crippen LogP contribution < -0.4 is 0 Å². The molecule has 1 unspecified atom stereocenters. The molecule has 26 heavy (non-hydrogen) atoms. The molecule has 4 heteroatoms. The molecule has 1 amide bonds. The predicted octanol–water partition coefficient (Wildman–Crippen LogP) is 4.10. The van der Waals surface area contributed by atoms with Crippen LogP contribution in [0.3, 0.4) is 0 Å². The quantitative estimate of drug-likeness (QED) is 0.762. The second kappa shape index (κ2) is 7.90. The molecule has 2 heterocycles. The zero-order chi connectivity index (χ0) is 17.8. The van der Waals surface area contributed by atoms with Crippen LogP contribution in [-0.4, -0.2) is 33.4 Å². The first-order chi connectivity index (χ1) is 12.8. The van der Waals surface area contributed by atoms with Crippen LogP contribution in [0.5, 0.6) is 0 Å². The Bertz CT molecular complexity index is 761. The Kier molecular flexibility index (Phi) is 5.19. The number of piperidine rings is 1. The number of carbonyl (C=O) groups excluding carboxylic acids is 1. The highest BCUT2D eigenvalue weighted by Gasteiger charge is 2.27. The summed E-state index contributed by atoms with van der Waals surface area (Å²) in [6.07, 6.45) is 13.9. The van der Waals surface area contributed by atoms with E-state index >= 15 is 0 Å². The summed E-state index contributed by atoms with van der Waals surface area (Å²) in [7, 11) is 0. The summed E-state index contributed by atoms with van der Waals surface area (Å²) in [4.78, 5) is 19.2. The number of carbonyl (C=O) groups is 1. The van der Waals surface area contributed by atoms with E-state index in [1.165, 1.54) is 25.1 Å². The van der Waals surface area contributed by atoms with Gasteiger partial charge >= 0.3 is 0 Å². The normalized spacial score (nSPS) is 21.1. The average molecular weight is 349 g/mol. The molecule has 1 aromatic carbocycles. The lowest BCUT2D eigenvalue weighted by molar-refractivity contribution is -0.127. The minimum atomic E-state index is 0.107. The van der Waals surface area contributed by atoms with E-state index in [-0.39, 0.29) is 5.91 Å². The number of imidazole rings is 1. The maximum absolute atomic E-state index is 12.6. The molecule has 2 fully saturated rings. The van der Waals surface area contributed by atoms with Crippen LogP contribution in [0.25, 0.3) is 6.08 Å². The number of aromatic nitrogens is 2.